The lowest BCUT2D eigenvalue weighted by molar-refractivity contribution is 0.0532. The van der Waals surface area contributed by atoms with Crippen LogP contribution in [0.25, 0.3) is 27.4 Å². The third-order valence-corrected chi connectivity index (χ3v) is 7.59. The van der Waals surface area contributed by atoms with Gasteiger partial charge in [-0.05, 0) is 72.2 Å². The van der Waals surface area contributed by atoms with Gasteiger partial charge >= 0.3 is 5.97 Å². The number of hydrogen-bond donors (Lipinski definition) is 1. The van der Waals surface area contributed by atoms with E-state index in [2.05, 4.69) is 25.5 Å². The molecule has 12 heteroatoms. The zero-order chi connectivity index (χ0) is 25.5. The summed E-state index contributed by atoms with van der Waals surface area (Å²) in [7, 11) is 0. The van der Waals surface area contributed by atoms with Crippen molar-refractivity contribution in [2.24, 2.45) is 0 Å². The van der Waals surface area contributed by atoms with Gasteiger partial charge in [0.15, 0.2) is 0 Å². The second-order valence-electron chi connectivity index (χ2n) is 8.48. The smallest absolute Gasteiger partial charge is 0.348 e. The maximum atomic E-state index is 13.4. The van der Waals surface area contributed by atoms with Gasteiger partial charge in [0.1, 0.15) is 17.0 Å². The van der Waals surface area contributed by atoms with E-state index in [-0.39, 0.29) is 17.6 Å². The van der Waals surface area contributed by atoms with Crippen LogP contribution in [0, 0.1) is 0 Å². The summed E-state index contributed by atoms with van der Waals surface area (Å²) in [6.07, 6.45) is 4.69. The fraction of sp³-hybridized carbons (Fsp3) is 0.200. The molecule has 1 aliphatic rings. The van der Waals surface area contributed by atoms with E-state index in [1.165, 1.54) is 17.7 Å². The van der Waals surface area contributed by atoms with E-state index in [0.29, 0.717) is 22.3 Å². The quantitative estimate of drug-likeness (QED) is 0.323. The van der Waals surface area contributed by atoms with Crippen LogP contribution in [0.1, 0.15) is 40.6 Å². The van der Waals surface area contributed by atoms with Crippen LogP contribution in [0.3, 0.4) is 0 Å². The standard InChI is InChI=1S/C25H20ClN7O3S/c1-2-36-25(35)22-8-7-21(37-22)18-12-27-24(29-18)20-6-4-16-9-14(10-23(34)33(16)20)17-11-15(26)3-5-19(17)32-13-28-30-31-32/h3,5,7-13,20H,2,4,6H2,1H3,(H,27,29). The zero-order valence-corrected chi connectivity index (χ0v) is 21.2. The summed E-state index contributed by atoms with van der Waals surface area (Å²) in [4.78, 5) is 34.7. The van der Waals surface area contributed by atoms with E-state index >= 15 is 0 Å². The number of aryl methyl sites for hydroxylation is 1. The monoisotopic (exact) mass is 533 g/mol. The Balaban J connectivity index is 1.33. The van der Waals surface area contributed by atoms with Crippen LogP contribution in [-0.4, -0.2) is 47.3 Å². The number of H-pyrrole nitrogens is 1. The number of imidazole rings is 1. The Labute approximate surface area is 219 Å². The number of hydrogen-bond acceptors (Lipinski definition) is 8. The van der Waals surface area contributed by atoms with Crippen LogP contribution in [0.4, 0.5) is 0 Å². The Morgan fingerprint density at radius 3 is 2.95 bits per heavy atom. The summed E-state index contributed by atoms with van der Waals surface area (Å²) in [6, 6.07) is 12.4. The van der Waals surface area contributed by atoms with Crippen LogP contribution in [0.5, 0.6) is 0 Å². The lowest BCUT2D eigenvalue weighted by Crippen LogP contribution is -2.23. The van der Waals surface area contributed by atoms with Crippen molar-refractivity contribution in [3.63, 3.8) is 0 Å². The minimum atomic E-state index is -0.339. The number of nitrogens with one attached hydrogen (secondary N) is 1. The van der Waals surface area contributed by atoms with E-state index in [9.17, 15) is 9.59 Å². The fourth-order valence-corrected chi connectivity index (χ4v) is 5.68. The summed E-state index contributed by atoms with van der Waals surface area (Å²) < 4.78 is 8.41. The van der Waals surface area contributed by atoms with Crippen molar-refractivity contribution in [1.29, 1.82) is 0 Å². The highest BCUT2D eigenvalue weighted by molar-refractivity contribution is 7.17. The molecule has 0 fully saturated rings. The first kappa shape index (κ1) is 23.3. The molecule has 1 N–H and O–H groups in total. The summed E-state index contributed by atoms with van der Waals surface area (Å²) >= 11 is 7.63. The molecule has 10 nitrogen and oxygen atoms in total. The number of ether oxygens (including phenoxy) is 1. The number of aromatic amines is 1. The predicted octanol–water partition coefficient (Wildman–Crippen LogP) is 4.31. The minimum Gasteiger partial charge on any atom is -0.462 e. The topological polar surface area (TPSA) is 121 Å². The summed E-state index contributed by atoms with van der Waals surface area (Å²) in [6.45, 7) is 2.11. The van der Waals surface area contributed by atoms with E-state index in [4.69, 9.17) is 16.3 Å². The second-order valence-corrected chi connectivity index (χ2v) is 10.0. The molecule has 0 aliphatic carbocycles. The third-order valence-electron chi connectivity index (χ3n) is 6.26. The Kier molecular flexibility index (Phi) is 5.93. The van der Waals surface area contributed by atoms with Crippen molar-refractivity contribution in [2.75, 3.05) is 6.61 Å². The van der Waals surface area contributed by atoms with Crippen molar-refractivity contribution in [1.82, 2.24) is 34.7 Å². The molecule has 0 bridgehead atoms. The molecule has 186 valence electrons. The molecule has 6 rings (SSSR count). The maximum absolute atomic E-state index is 13.4. The number of tetrazole rings is 1. The lowest BCUT2D eigenvalue weighted by atomic mass is 10.0. The van der Waals surface area contributed by atoms with Gasteiger partial charge < -0.3 is 14.3 Å². The van der Waals surface area contributed by atoms with Gasteiger partial charge in [0.2, 0.25) is 0 Å². The molecule has 0 saturated carbocycles. The number of thiophene rings is 1. The maximum Gasteiger partial charge on any atom is 0.348 e. The van der Waals surface area contributed by atoms with E-state index in [1.807, 2.05) is 18.2 Å². The molecular weight excluding hydrogens is 514 g/mol. The van der Waals surface area contributed by atoms with Crippen LogP contribution < -0.4 is 5.56 Å². The molecule has 1 aliphatic heterocycles. The first-order valence-electron chi connectivity index (χ1n) is 11.6. The van der Waals surface area contributed by atoms with Gasteiger partial charge in [0.05, 0.1) is 35.1 Å². The van der Waals surface area contributed by atoms with Crippen LogP contribution in [0.2, 0.25) is 5.02 Å². The molecule has 0 radical (unpaired) electrons. The molecular formula is C25H20ClN7O3S. The molecule has 1 unspecified atom stereocenters. The highest BCUT2D eigenvalue weighted by Gasteiger charge is 2.28. The van der Waals surface area contributed by atoms with Crippen molar-refractivity contribution in [3.05, 3.63) is 86.8 Å². The van der Waals surface area contributed by atoms with Crippen molar-refractivity contribution < 1.29 is 9.53 Å². The number of esters is 1. The largest absolute Gasteiger partial charge is 0.462 e. The predicted molar refractivity (Wildman–Crippen MR) is 138 cm³/mol. The third kappa shape index (κ3) is 4.25. The Hall–Kier alpha value is -4.09. The molecule has 0 spiro atoms. The number of nitrogens with zero attached hydrogens (tertiary/aromatic N) is 6. The van der Waals surface area contributed by atoms with E-state index < -0.39 is 0 Å². The fourth-order valence-electron chi connectivity index (χ4n) is 4.65. The molecule has 0 amide bonds. The summed E-state index contributed by atoms with van der Waals surface area (Å²) in [5.41, 5.74) is 3.81. The summed E-state index contributed by atoms with van der Waals surface area (Å²) in [5, 5.41) is 12.0. The van der Waals surface area contributed by atoms with Gasteiger partial charge in [-0.1, -0.05) is 11.6 Å². The number of halogens is 1. The normalized spacial score (nSPS) is 14.6. The first-order chi connectivity index (χ1) is 18.0. The highest BCUT2D eigenvalue weighted by atomic mass is 35.5. The van der Waals surface area contributed by atoms with Crippen molar-refractivity contribution >= 4 is 28.9 Å². The van der Waals surface area contributed by atoms with Crippen LogP contribution in [0.15, 0.2) is 59.8 Å². The Morgan fingerprint density at radius 1 is 1.24 bits per heavy atom. The van der Waals surface area contributed by atoms with Gasteiger partial charge in [0, 0.05) is 22.3 Å². The number of benzene rings is 1. The van der Waals surface area contributed by atoms with Gasteiger partial charge in [-0.3, -0.25) is 4.79 Å². The van der Waals surface area contributed by atoms with Crippen molar-refractivity contribution in [3.8, 4) is 27.4 Å². The van der Waals surface area contributed by atoms with E-state index in [0.717, 1.165) is 45.9 Å². The minimum absolute atomic E-state index is 0.128. The average Bonchev–Trinajstić information content (AvgIpc) is 3.69. The summed E-state index contributed by atoms with van der Waals surface area (Å²) in [5.74, 6) is 0.361. The molecule has 1 atom stereocenters. The Bertz CT molecular complexity index is 1670. The number of carbonyl (C=O) groups excluding carboxylic acids is 1. The Morgan fingerprint density at radius 2 is 2.14 bits per heavy atom. The van der Waals surface area contributed by atoms with Crippen LogP contribution >= 0.6 is 22.9 Å². The number of fused-ring (bicyclic) bond motifs is 1. The first-order valence-corrected chi connectivity index (χ1v) is 12.8. The number of rotatable bonds is 6. The van der Waals surface area contributed by atoms with Gasteiger partial charge in [-0.15, -0.1) is 16.4 Å². The van der Waals surface area contributed by atoms with Gasteiger partial charge in [0.25, 0.3) is 5.56 Å². The SMILES string of the molecule is CCOC(=O)c1ccc(-c2cnc(C3CCc4cc(-c5cc(Cl)ccc5-n5cnnn5)cc(=O)n43)[nH]2)s1. The lowest BCUT2D eigenvalue weighted by Gasteiger charge is -2.15. The van der Waals surface area contributed by atoms with Crippen molar-refractivity contribution in [2.45, 2.75) is 25.8 Å². The number of pyridine rings is 1. The molecule has 5 heterocycles. The molecule has 37 heavy (non-hydrogen) atoms. The van der Waals surface area contributed by atoms with Crippen LogP contribution in [-0.2, 0) is 11.2 Å². The molecule has 4 aromatic heterocycles. The number of aromatic nitrogens is 7. The highest BCUT2D eigenvalue weighted by Crippen LogP contribution is 2.35. The number of carbonyl (C=O) groups is 1. The zero-order valence-electron chi connectivity index (χ0n) is 19.6. The van der Waals surface area contributed by atoms with Gasteiger partial charge in [-0.25, -0.2) is 9.78 Å². The average molecular weight is 534 g/mol. The van der Waals surface area contributed by atoms with E-state index in [1.54, 1.807) is 46.6 Å². The second kappa shape index (κ2) is 9.41. The van der Waals surface area contributed by atoms with Gasteiger partial charge in [-0.2, -0.15) is 4.68 Å². The molecule has 1 aromatic carbocycles. The molecule has 5 aromatic rings. The molecule has 0 saturated heterocycles.